The lowest BCUT2D eigenvalue weighted by atomic mass is 9.48. The van der Waals surface area contributed by atoms with Crippen molar-refractivity contribution in [1.29, 1.82) is 0 Å². The average molecular weight is 564 g/mol. The maximum Gasteiger partial charge on any atom is 0.302 e. The van der Waals surface area contributed by atoms with E-state index in [1.165, 1.54) is 12.5 Å². The van der Waals surface area contributed by atoms with Crippen molar-refractivity contribution >= 4 is 17.8 Å². The second-order valence-electron chi connectivity index (χ2n) is 13.2. The van der Waals surface area contributed by atoms with Crippen LogP contribution in [0.3, 0.4) is 0 Å². The second kappa shape index (κ2) is 11.9. The van der Waals surface area contributed by atoms with Gasteiger partial charge in [-0.1, -0.05) is 45.4 Å². The number of likely N-dealkylation sites (N-methyl/N-ethyl adjacent to an activating group) is 1. The second-order valence-corrected chi connectivity index (χ2v) is 13.2. The van der Waals surface area contributed by atoms with Crippen LogP contribution in [0.2, 0.25) is 0 Å². The van der Waals surface area contributed by atoms with E-state index in [2.05, 4.69) is 44.7 Å². The average Bonchev–Trinajstić information content (AvgIpc) is 3.21. The summed E-state index contributed by atoms with van der Waals surface area (Å²) in [6, 6.07) is 6.01. The van der Waals surface area contributed by atoms with Gasteiger partial charge in [0.05, 0.1) is 7.11 Å². The first-order chi connectivity index (χ1) is 19.6. The van der Waals surface area contributed by atoms with Gasteiger partial charge in [0, 0.05) is 25.3 Å². The molecule has 3 saturated carbocycles. The Kier molecular flexibility index (Phi) is 8.71. The van der Waals surface area contributed by atoms with Gasteiger partial charge < -0.3 is 19.1 Å². The molecule has 0 aliphatic heterocycles. The Balaban J connectivity index is 1.33. The molecule has 6 atom stereocenters. The molecular formula is C35H49NO5. The molecule has 0 amide bonds. The highest BCUT2D eigenvalue weighted by molar-refractivity contribution is 6.06. The molecule has 224 valence electrons. The van der Waals surface area contributed by atoms with Crippen LogP contribution >= 0.6 is 0 Å². The van der Waals surface area contributed by atoms with Gasteiger partial charge in [-0.15, -0.1) is 0 Å². The van der Waals surface area contributed by atoms with E-state index in [1.54, 1.807) is 7.11 Å². The number of carbonyl (C=O) groups excluding carboxylic acids is 2. The van der Waals surface area contributed by atoms with Crippen LogP contribution in [-0.4, -0.2) is 56.1 Å². The topological polar surface area (TPSA) is 65.1 Å². The Morgan fingerprint density at radius 3 is 2.51 bits per heavy atom. The number of hydrogen-bond acceptors (Lipinski definition) is 6. The molecule has 0 aromatic heterocycles. The molecule has 6 nitrogen and oxygen atoms in total. The summed E-state index contributed by atoms with van der Waals surface area (Å²) in [5, 5.41) is 0. The molecule has 1 aromatic rings. The van der Waals surface area contributed by atoms with E-state index in [-0.39, 0.29) is 22.9 Å². The highest BCUT2D eigenvalue weighted by Crippen LogP contribution is 2.65. The first-order valence-corrected chi connectivity index (χ1v) is 15.8. The third-order valence-corrected chi connectivity index (χ3v) is 11.1. The molecule has 6 heteroatoms. The standard InChI is InChI=1S/C35H49NO5/c1-7-36(8-2)17-18-40-31-12-9-24(20-32(31)39-6)19-25-21-30-28-11-10-26-22-27(41-23(3)37)13-15-34(26,4)29(28)14-16-35(30,5)33(25)38/h9-10,12,19-20,27-30H,7-8,11,13-18,21-22H2,1-6H3/b25-19-/t27-,28+,29-,30-,34-,35-/m0/s1. The van der Waals surface area contributed by atoms with Crippen molar-refractivity contribution in [3.05, 3.63) is 41.0 Å². The first kappa shape index (κ1) is 29.9. The zero-order chi connectivity index (χ0) is 29.4. The maximum absolute atomic E-state index is 13.9. The van der Waals surface area contributed by atoms with Gasteiger partial charge in [-0.2, -0.15) is 0 Å². The van der Waals surface area contributed by atoms with E-state index >= 15 is 0 Å². The number of rotatable bonds is 9. The van der Waals surface area contributed by atoms with Gasteiger partial charge in [-0.3, -0.25) is 9.59 Å². The first-order valence-electron chi connectivity index (χ1n) is 15.8. The molecule has 0 N–H and O–H groups in total. The molecule has 0 saturated heterocycles. The monoisotopic (exact) mass is 563 g/mol. The van der Waals surface area contributed by atoms with Gasteiger partial charge in [0.2, 0.25) is 0 Å². The van der Waals surface area contributed by atoms with Crippen molar-refractivity contribution in [3.8, 4) is 11.5 Å². The number of esters is 1. The highest BCUT2D eigenvalue weighted by Gasteiger charge is 2.60. The summed E-state index contributed by atoms with van der Waals surface area (Å²) in [5.74, 6) is 3.06. The van der Waals surface area contributed by atoms with Gasteiger partial charge in [0.25, 0.3) is 0 Å². The van der Waals surface area contributed by atoms with Gasteiger partial charge in [-0.25, -0.2) is 0 Å². The number of benzene rings is 1. The van der Waals surface area contributed by atoms with E-state index in [0.717, 1.165) is 81.5 Å². The smallest absolute Gasteiger partial charge is 0.302 e. The number of hydrogen-bond donors (Lipinski definition) is 0. The predicted molar refractivity (Wildman–Crippen MR) is 162 cm³/mol. The Bertz CT molecular complexity index is 1210. The van der Waals surface area contributed by atoms with Crippen LogP contribution in [0.5, 0.6) is 11.5 Å². The molecule has 0 radical (unpaired) electrons. The van der Waals surface area contributed by atoms with E-state index in [0.29, 0.717) is 35.9 Å². The fourth-order valence-corrected chi connectivity index (χ4v) is 8.68. The predicted octanol–water partition coefficient (Wildman–Crippen LogP) is 6.87. The summed E-state index contributed by atoms with van der Waals surface area (Å²) in [6.07, 6.45) is 11.3. The lowest BCUT2D eigenvalue weighted by molar-refractivity contribution is -0.148. The number of ether oxygens (including phenoxy) is 3. The summed E-state index contributed by atoms with van der Waals surface area (Å²) in [4.78, 5) is 27.8. The minimum atomic E-state index is -0.290. The molecule has 5 rings (SSSR count). The molecule has 0 heterocycles. The third-order valence-electron chi connectivity index (χ3n) is 11.1. The third kappa shape index (κ3) is 5.61. The quantitative estimate of drug-likeness (QED) is 0.186. The summed E-state index contributed by atoms with van der Waals surface area (Å²) >= 11 is 0. The van der Waals surface area contributed by atoms with Gasteiger partial charge in [0.15, 0.2) is 17.3 Å². The number of carbonyl (C=O) groups is 2. The van der Waals surface area contributed by atoms with Gasteiger partial charge >= 0.3 is 5.97 Å². The van der Waals surface area contributed by atoms with Crippen LogP contribution < -0.4 is 9.47 Å². The minimum absolute atomic E-state index is 0.0102. The SMILES string of the molecule is CCN(CC)CCOc1ccc(/C=C2/C[C@H]3[C@@H]4CC=C5C[C@@H](OC(C)=O)CC[C@]5(C)[C@H]4CC[C@]3(C)C2=O)cc1OC. The summed E-state index contributed by atoms with van der Waals surface area (Å²) in [6.45, 7) is 14.0. The number of nitrogens with zero attached hydrogens (tertiary/aromatic N) is 1. The number of allylic oxidation sites excluding steroid dienone is 2. The summed E-state index contributed by atoms with van der Waals surface area (Å²) in [7, 11) is 1.67. The number of ketones is 1. The number of methoxy groups -OCH3 is 1. The molecule has 4 aliphatic rings. The fraction of sp³-hybridized carbons (Fsp3) is 0.657. The Morgan fingerprint density at radius 2 is 1.80 bits per heavy atom. The fourth-order valence-electron chi connectivity index (χ4n) is 8.68. The van der Waals surface area contributed by atoms with Crippen LogP contribution in [-0.2, 0) is 14.3 Å². The van der Waals surface area contributed by atoms with Crippen LogP contribution in [0, 0.1) is 28.6 Å². The van der Waals surface area contributed by atoms with E-state index < -0.39 is 0 Å². The van der Waals surface area contributed by atoms with Gasteiger partial charge in [0.1, 0.15) is 12.7 Å². The van der Waals surface area contributed by atoms with Crippen LogP contribution in [0.15, 0.2) is 35.4 Å². The lowest BCUT2D eigenvalue weighted by Crippen LogP contribution is -2.50. The Morgan fingerprint density at radius 1 is 1.05 bits per heavy atom. The van der Waals surface area contributed by atoms with E-state index in [4.69, 9.17) is 14.2 Å². The number of fused-ring (bicyclic) bond motifs is 5. The zero-order valence-electron chi connectivity index (χ0n) is 26.0. The molecule has 3 fully saturated rings. The molecule has 4 aliphatic carbocycles. The van der Waals surface area contributed by atoms with E-state index in [9.17, 15) is 9.59 Å². The normalized spacial score (nSPS) is 33.6. The Labute approximate surface area is 246 Å². The summed E-state index contributed by atoms with van der Waals surface area (Å²) in [5.41, 5.74) is 3.27. The molecule has 0 spiro atoms. The van der Waals surface area contributed by atoms with Crippen molar-refractivity contribution in [2.24, 2.45) is 28.6 Å². The van der Waals surface area contributed by atoms with Crippen molar-refractivity contribution in [2.75, 3.05) is 33.4 Å². The van der Waals surface area contributed by atoms with Crippen molar-refractivity contribution < 1.29 is 23.8 Å². The molecule has 0 unspecified atom stereocenters. The maximum atomic E-state index is 13.9. The van der Waals surface area contributed by atoms with Crippen LogP contribution in [0.4, 0.5) is 0 Å². The lowest BCUT2D eigenvalue weighted by Gasteiger charge is -2.56. The zero-order valence-corrected chi connectivity index (χ0v) is 26.0. The summed E-state index contributed by atoms with van der Waals surface area (Å²) < 4.78 is 17.3. The molecule has 41 heavy (non-hydrogen) atoms. The van der Waals surface area contributed by atoms with Gasteiger partial charge in [-0.05, 0) is 104 Å². The van der Waals surface area contributed by atoms with Crippen molar-refractivity contribution in [2.45, 2.75) is 85.7 Å². The van der Waals surface area contributed by atoms with Crippen LogP contribution in [0.1, 0.15) is 85.1 Å². The Hall–Kier alpha value is -2.60. The largest absolute Gasteiger partial charge is 0.493 e. The number of Topliss-reactive ketones (excluding diaryl/α,β-unsaturated/α-hetero) is 1. The molecule has 0 bridgehead atoms. The van der Waals surface area contributed by atoms with E-state index in [1.807, 2.05) is 18.2 Å². The minimum Gasteiger partial charge on any atom is -0.493 e. The highest BCUT2D eigenvalue weighted by atomic mass is 16.5. The van der Waals surface area contributed by atoms with Crippen molar-refractivity contribution in [1.82, 2.24) is 4.90 Å². The molecule has 1 aromatic carbocycles. The van der Waals surface area contributed by atoms with Crippen molar-refractivity contribution in [3.63, 3.8) is 0 Å². The van der Waals surface area contributed by atoms with Crippen LogP contribution in [0.25, 0.3) is 6.08 Å². The molecular weight excluding hydrogens is 514 g/mol.